The van der Waals surface area contributed by atoms with Crippen molar-refractivity contribution in [3.05, 3.63) is 0 Å². The van der Waals surface area contributed by atoms with Gasteiger partial charge in [-0.25, -0.2) is 4.79 Å². The molecule has 0 aromatic rings. The molecule has 1 aliphatic rings. The number of carboxylic acids is 1. The third kappa shape index (κ3) is 6.60. The number of hydrogen-bond acceptors (Lipinski definition) is 6. The number of carbonyl (C=O) groups is 4. The van der Waals surface area contributed by atoms with Gasteiger partial charge in [0, 0.05) is 12.3 Å². The average Bonchev–Trinajstić information content (AvgIpc) is 3.17. The fraction of sp³-hybridized carbons (Fsp3) is 0.789. The van der Waals surface area contributed by atoms with E-state index in [4.69, 9.17) is 5.73 Å². The van der Waals surface area contributed by atoms with Crippen LogP contribution in [0.3, 0.4) is 0 Å². The molecule has 1 aliphatic heterocycles. The first kappa shape index (κ1) is 25.2. The van der Waals surface area contributed by atoms with Gasteiger partial charge in [0.05, 0.1) is 6.04 Å². The van der Waals surface area contributed by atoms with Crippen LogP contribution in [-0.2, 0) is 19.2 Å². The lowest BCUT2D eigenvalue weighted by molar-refractivity contribution is -0.146. The Labute approximate surface area is 177 Å². The summed E-state index contributed by atoms with van der Waals surface area (Å²) in [7, 11) is 0. The summed E-state index contributed by atoms with van der Waals surface area (Å²) in [6.07, 6.45) is 1.66. The Morgan fingerprint density at radius 3 is 2.28 bits per heavy atom. The van der Waals surface area contributed by atoms with Crippen molar-refractivity contribution < 1.29 is 24.3 Å². The van der Waals surface area contributed by atoms with Crippen LogP contribution in [0.4, 0.5) is 0 Å². The van der Waals surface area contributed by atoms with Crippen LogP contribution < -0.4 is 16.4 Å². The molecule has 0 aromatic carbocycles. The summed E-state index contributed by atoms with van der Waals surface area (Å²) < 4.78 is 0. The van der Waals surface area contributed by atoms with Crippen molar-refractivity contribution in [2.24, 2.45) is 17.6 Å². The largest absolute Gasteiger partial charge is 0.480 e. The third-order valence-corrected chi connectivity index (χ3v) is 5.77. The number of hydrogen-bond donors (Lipinski definition) is 5. The van der Waals surface area contributed by atoms with Gasteiger partial charge in [-0.05, 0) is 24.7 Å². The second kappa shape index (κ2) is 11.4. The zero-order valence-corrected chi connectivity index (χ0v) is 18.4. The van der Waals surface area contributed by atoms with Crippen LogP contribution in [0.5, 0.6) is 0 Å². The summed E-state index contributed by atoms with van der Waals surface area (Å²) >= 11 is 4.00. The highest BCUT2D eigenvalue weighted by atomic mass is 32.1. The molecule has 0 bridgehead atoms. The number of thiol groups is 1. The van der Waals surface area contributed by atoms with Crippen molar-refractivity contribution in [3.63, 3.8) is 0 Å². The van der Waals surface area contributed by atoms with Crippen LogP contribution in [0.15, 0.2) is 0 Å². The van der Waals surface area contributed by atoms with E-state index >= 15 is 0 Å². The first-order valence-electron chi connectivity index (χ1n) is 10.1. The maximum atomic E-state index is 13.1. The third-order valence-electron chi connectivity index (χ3n) is 5.38. The van der Waals surface area contributed by atoms with Crippen molar-refractivity contribution in [1.29, 1.82) is 0 Å². The summed E-state index contributed by atoms with van der Waals surface area (Å²) in [6.45, 7) is 7.57. The maximum absolute atomic E-state index is 13.1. The average molecular weight is 431 g/mol. The number of aliphatic carboxylic acids is 1. The van der Waals surface area contributed by atoms with Crippen molar-refractivity contribution in [2.75, 3.05) is 12.3 Å². The number of rotatable bonds is 10. The molecule has 0 aliphatic carbocycles. The first-order valence-corrected chi connectivity index (χ1v) is 10.7. The molecule has 9 nitrogen and oxygen atoms in total. The molecule has 29 heavy (non-hydrogen) atoms. The van der Waals surface area contributed by atoms with Gasteiger partial charge in [0.1, 0.15) is 18.1 Å². The predicted octanol–water partition coefficient (Wildman–Crippen LogP) is -0.00920. The standard InChI is InChI=1S/C19H34N4O5S/c1-5-11(4)15(19(27)28)22-17(25)13-7-6-8-23(13)18(26)14(10(2)3)21-16(24)12(20)9-29/h10-15,29H,5-9,20H2,1-4H3,(H,21,24)(H,22,25)(H,27,28). The summed E-state index contributed by atoms with van der Waals surface area (Å²) in [6, 6.07) is -3.44. The summed E-state index contributed by atoms with van der Waals surface area (Å²) in [5, 5.41) is 14.7. The number of carbonyl (C=O) groups excluding carboxylic acids is 3. The second-order valence-electron chi connectivity index (χ2n) is 7.92. The lowest BCUT2D eigenvalue weighted by atomic mass is 9.98. The zero-order chi connectivity index (χ0) is 22.3. The molecule has 1 heterocycles. The minimum absolute atomic E-state index is 0.145. The summed E-state index contributed by atoms with van der Waals surface area (Å²) in [4.78, 5) is 51.0. The summed E-state index contributed by atoms with van der Waals surface area (Å²) in [5.41, 5.74) is 5.69. The lowest BCUT2D eigenvalue weighted by Gasteiger charge is -2.32. The van der Waals surface area contributed by atoms with Crippen LogP contribution in [0.2, 0.25) is 0 Å². The molecule has 0 saturated carbocycles. The van der Waals surface area contributed by atoms with E-state index in [9.17, 15) is 24.3 Å². The molecule has 5 N–H and O–H groups in total. The second-order valence-corrected chi connectivity index (χ2v) is 8.28. The van der Waals surface area contributed by atoms with Gasteiger partial charge in [0.2, 0.25) is 17.7 Å². The molecule has 1 fully saturated rings. The fourth-order valence-electron chi connectivity index (χ4n) is 3.27. The van der Waals surface area contributed by atoms with Gasteiger partial charge in [-0.15, -0.1) is 0 Å². The van der Waals surface area contributed by atoms with Crippen molar-refractivity contribution >= 4 is 36.3 Å². The first-order chi connectivity index (χ1) is 13.5. The molecule has 1 saturated heterocycles. The number of nitrogens with zero attached hydrogens (tertiary/aromatic N) is 1. The molecule has 5 atom stereocenters. The monoisotopic (exact) mass is 430 g/mol. The molecule has 0 radical (unpaired) electrons. The van der Waals surface area contributed by atoms with E-state index in [0.29, 0.717) is 25.8 Å². The number of nitrogens with two attached hydrogens (primary N) is 1. The van der Waals surface area contributed by atoms with E-state index in [-0.39, 0.29) is 23.5 Å². The van der Waals surface area contributed by atoms with E-state index in [2.05, 4.69) is 23.3 Å². The van der Waals surface area contributed by atoms with Gasteiger partial charge in [0.15, 0.2) is 0 Å². The molecule has 1 rings (SSSR count). The van der Waals surface area contributed by atoms with Crippen LogP contribution >= 0.6 is 12.6 Å². The molecule has 166 valence electrons. The maximum Gasteiger partial charge on any atom is 0.326 e. The van der Waals surface area contributed by atoms with Crippen molar-refractivity contribution in [2.45, 2.75) is 71.1 Å². The Morgan fingerprint density at radius 1 is 1.17 bits per heavy atom. The van der Waals surface area contributed by atoms with E-state index in [1.54, 1.807) is 20.8 Å². The van der Waals surface area contributed by atoms with Gasteiger partial charge in [0.25, 0.3) is 0 Å². The Balaban J connectivity index is 2.94. The van der Waals surface area contributed by atoms with E-state index in [1.165, 1.54) is 4.90 Å². The quantitative estimate of drug-likeness (QED) is 0.309. The van der Waals surface area contributed by atoms with Gasteiger partial charge >= 0.3 is 5.97 Å². The van der Waals surface area contributed by atoms with Crippen LogP contribution in [-0.4, -0.2) is 70.2 Å². The Hall–Kier alpha value is -1.81. The molecule has 0 aromatic heterocycles. The van der Waals surface area contributed by atoms with Gasteiger partial charge in [-0.3, -0.25) is 14.4 Å². The normalized spacial score (nSPS) is 20.7. The Kier molecular flexibility index (Phi) is 9.91. The molecule has 5 unspecified atom stereocenters. The smallest absolute Gasteiger partial charge is 0.326 e. The van der Waals surface area contributed by atoms with Crippen LogP contribution in [0.25, 0.3) is 0 Å². The number of amides is 3. The lowest BCUT2D eigenvalue weighted by Crippen LogP contribution is -2.58. The highest BCUT2D eigenvalue weighted by molar-refractivity contribution is 7.80. The fourth-order valence-corrected chi connectivity index (χ4v) is 3.44. The van der Waals surface area contributed by atoms with Gasteiger partial charge in [-0.2, -0.15) is 12.6 Å². The Bertz CT molecular complexity index is 615. The van der Waals surface area contributed by atoms with Crippen LogP contribution in [0, 0.1) is 11.8 Å². The molecular weight excluding hydrogens is 396 g/mol. The molecule has 0 spiro atoms. The highest BCUT2D eigenvalue weighted by Gasteiger charge is 2.40. The number of nitrogens with one attached hydrogen (secondary N) is 2. The van der Waals surface area contributed by atoms with Crippen molar-refractivity contribution in [3.8, 4) is 0 Å². The topological polar surface area (TPSA) is 142 Å². The summed E-state index contributed by atoms with van der Waals surface area (Å²) in [5.74, 6) is -2.74. The van der Waals surface area contributed by atoms with E-state index < -0.39 is 42.0 Å². The van der Waals surface area contributed by atoms with Gasteiger partial charge in [-0.1, -0.05) is 34.1 Å². The molecular formula is C19H34N4O5S. The van der Waals surface area contributed by atoms with E-state index in [1.807, 2.05) is 6.92 Å². The SMILES string of the molecule is CCC(C)C(NC(=O)C1CCCN1C(=O)C(NC(=O)C(N)CS)C(C)C)C(=O)O. The molecule has 10 heteroatoms. The number of carboxylic acid groups (broad SMARTS) is 1. The number of likely N-dealkylation sites (tertiary alicyclic amines) is 1. The zero-order valence-electron chi connectivity index (χ0n) is 17.6. The van der Waals surface area contributed by atoms with Gasteiger partial charge < -0.3 is 26.4 Å². The highest BCUT2D eigenvalue weighted by Crippen LogP contribution is 2.21. The minimum atomic E-state index is -1.10. The van der Waals surface area contributed by atoms with E-state index in [0.717, 1.165) is 0 Å². The molecule has 3 amide bonds. The Morgan fingerprint density at radius 2 is 1.79 bits per heavy atom. The van der Waals surface area contributed by atoms with Crippen molar-refractivity contribution in [1.82, 2.24) is 15.5 Å². The minimum Gasteiger partial charge on any atom is -0.480 e. The predicted molar refractivity (Wildman–Crippen MR) is 112 cm³/mol. The van der Waals surface area contributed by atoms with Crippen LogP contribution in [0.1, 0.15) is 47.0 Å².